The van der Waals surface area contributed by atoms with Gasteiger partial charge in [0.05, 0.1) is 4.88 Å². The van der Waals surface area contributed by atoms with Gasteiger partial charge in [0.25, 0.3) is 0 Å². The van der Waals surface area contributed by atoms with Gasteiger partial charge in [0.1, 0.15) is 11.4 Å². The molecule has 0 bridgehead atoms. The molecule has 2 aromatic rings. The number of alkyl halides is 3. The van der Waals surface area contributed by atoms with Gasteiger partial charge in [0.2, 0.25) is 0 Å². The van der Waals surface area contributed by atoms with Crippen molar-refractivity contribution in [2.24, 2.45) is 7.05 Å². The maximum absolute atomic E-state index is 12.4. The summed E-state index contributed by atoms with van der Waals surface area (Å²) in [5.41, 5.74) is -0.370. The van der Waals surface area contributed by atoms with Crippen LogP contribution in [0.5, 0.6) is 0 Å². The topological polar surface area (TPSA) is 17.8 Å². The Kier molecular flexibility index (Phi) is 2.30. The van der Waals surface area contributed by atoms with Crippen molar-refractivity contribution >= 4 is 11.3 Å². The lowest BCUT2D eigenvalue weighted by Crippen LogP contribution is -2.11. The van der Waals surface area contributed by atoms with Crippen LogP contribution in [0.2, 0.25) is 0 Å². The van der Waals surface area contributed by atoms with E-state index in [2.05, 4.69) is 5.10 Å². The van der Waals surface area contributed by atoms with Gasteiger partial charge in [0.15, 0.2) is 0 Å². The molecule has 6 heteroatoms. The molecule has 0 aliphatic carbocycles. The van der Waals surface area contributed by atoms with Crippen molar-refractivity contribution in [1.82, 2.24) is 9.78 Å². The zero-order chi connectivity index (χ0) is 11.1. The Morgan fingerprint density at radius 3 is 2.60 bits per heavy atom. The standard InChI is InChI=1S/C9H7F3N2S/c1-14-8(9(10,11)12)5-6(13-14)7-3-2-4-15-7/h2-5H,1H3. The van der Waals surface area contributed by atoms with Gasteiger partial charge in [-0.05, 0) is 17.5 Å². The van der Waals surface area contributed by atoms with Gasteiger partial charge in [-0.1, -0.05) is 6.07 Å². The van der Waals surface area contributed by atoms with Crippen LogP contribution in [-0.2, 0) is 13.2 Å². The SMILES string of the molecule is Cn1nc(-c2cccs2)cc1C(F)(F)F. The van der Waals surface area contributed by atoms with Crippen LogP contribution in [0.25, 0.3) is 10.6 Å². The molecular formula is C9H7F3N2S. The molecule has 0 unspecified atom stereocenters. The first kappa shape index (κ1) is 10.2. The predicted molar refractivity (Wildman–Crippen MR) is 51.5 cm³/mol. The monoisotopic (exact) mass is 232 g/mol. The smallest absolute Gasteiger partial charge is 0.263 e. The lowest BCUT2D eigenvalue weighted by molar-refractivity contribution is -0.143. The van der Waals surface area contributed by atoms with Crippen LogP contribution >= 0.6 is 11.3 Å². The molecular weight excluding hydrogens is 225 g/mol. The summed E-state index contributed by atoms with van der Waals surface area (Å²) < 4.78 is 38.2. The zero-order valence-electron chi connectivity index (χ0n) is 7.75. The van der Waals surface area contributed by atoms with E-state index in [0.29, 0.717) is 5.69 Å². The molecule has 0 N–H and O–H groups in total. The minimum atomic E-state index is -4.35. The fourth-order valence-corrected chi connectivity index (χ4v) is 1.96. The van der Waals surface area contributed by atoms with Gasteiger partial charge in [-0.3, -0.25) is 4.68 Å². The number of halogens is 3. The van der Waals surface area contributed by atoms with Gasteiger partial charge in [-0.2, -0.15) is 18.3 Å². The Morgan fingerprint density at radius 2 is 2.13 bits per heavy atom. The summed E-state index contributed by atoms with van der Waals surface area (Å²) in [6.07, 6.45) is -4.35. The van der Waals surface area contributed by atoms with Crippen molar-refractivity contribution in [1.29, 1.82) is 0 Å². The van der Waals surface area contributed by atoms with Crippen molar-refractivity contribution in [3.05, 3.63) is 29.3 Å². The summed E-state index contributed by atoms with van der Waals surface area (Å²) in [7, 11) is 1.29. The van der Waals surface area contributed by atoms with Crippen molar-refractivity contribution in [3.63, 3.8) is 0 Å². The maximum Gasteiger partial charge on any atom is 0.433 e. The molecule has 0 saturated heterocycles. The minimum Gasteiger partial charge on any atom is -0.263 e. The normalized spacial score (nSPS) is 12.0. The molecule has 0 atom stereocenters. The number of aromatic nitrogens is 2. The third-order valence-corrected chi connectivity index (χ3v) is 2.84. The number of nitrogens with zero attached hydrogens (tertiary/aromatic N) is 2. The summed E-state index contributed by atoms with van der Waals surface area (Å²) in [5, 5.41) is 5.63. The molecule has 0 fully saturated rings. The second kappa shape index (κ2) is 3.37. The van der Waals surface area contributed by atoms with E-state index in [0.717, 1.165) is 15.6 Å². The number of rotatable bonds is 1. The largest absolute Gasteiger partial charge is 0.433 e. The molecule has 0 aromatic carbocycles. The highest BCUT2D eigenvalue weighted by Gasteiger charge is 2.35. The minimum absolute atomic E-state index is 0.361. The average Bonchev–Trinajstić information content (AvgIpc) is 2.68. The highest BCUT2D eigenvalue weighted by atomic mass is 32.1. The molecule has 2 nitrogen and oxygen atoms in total. The molecule has 0 amide bonds. The quantitative estimate of drug-likeness (QED) is 0.738. The summed E-state index contributed by atoms with van der Waals surface area (Å²) in [6.45, 7) is 0. The van der Waals surface area contributed by atoms with Crippen molar-refractivity contribution in [2.75, 3.05) is 0 Å². The molecule has 0 aliphatic heterocycles. The fraction of sp³-hybridized carbons (Fsp3) is 0.222. The van der Waals surface area contributed by atoms with Crippen LogP contribution in [0.1, 0.15) is 5.69 Å². The van der Waals surface area contributed by atoms with E-state index in [-0.39, 0.29) is 0 Å². The first-order valence-corrected chi connectivity index (χ1v) is 5.01. The van der Waals surface area contributed by atoms with Crippen molar-refractivity contribution < 1.29 is 13.2 Å². The van der Waals surface area contributed by atoms with Gasteiger partial charge >= 0.3 is 6.18 Å². The first-order chi connectivity index (χ1) is 6.98. The van der Waals surface area contributed by atoms with E-state index in [9.17, 15) is 13.2 Å². The summed E-state index contributed by atoms with van der Waals surface area (Å²) in [6, 6.07) is 4.58. The maximum atomic E-state index is 12.4. The fourth-order valence-electron chi connectivity index (χ4n) is 1.28. The molecule has 0 saturated carbocycles. The van der Waals surface area contributed by atoms with Gasteiger partial charge in [0, 0.05) is 7.05 Å². The molecule has 2 rings (SSSR count). The molecule has 0 radical (unpaired) electrons. The Bertz CT molecular complexity index is 456. The van der Waals surface area contributed by atoms with Gasteiger partial charge in [-0.25, -0.2) is 0 Å². The van der Waals surface area contributed by atoms with Crippen molar-refractivity contribution in [2.45, 2.75) is 6.18 Å². The molecule has 80 valence electrons. The van der Waals surface area contributed by atoms with Crippen LogP contribution in [-0.4, -0.2) is 9.78 Å². The average molecular weight is 232 g/mol. The second-order valence-electron chi connectivity index (χ2n) is 3.01. The summed E-state index contributed by atoms with van der Waals surface area (Å²) in [4.78, 5) is 0.737. The Hall–Kier alpha value is -1.30. The van der Waals surface area contributed by atoms with E-state index >= 15 is 0 Å². The number of hydrogen-bond donors (Lipinski definition) is 0. The molecule has 15 heavy (non-hydrogen) atoms. The highest BCUT2D eigenvalue weighted by molar-refractivity contribution is 7.13. The van der Waals surface area contributed by atoms with Crippen molar-refractivity contribution in [3.8, 4) is 10.6 Å². The van der Waals surface area contributed by atoms with E-state index in [1.807, 2.05) is 0 Å². The number of aryl methyl sites for hydroxylation is 1. The van der Waals surface area contributed by atoms with Crippen LogP contribution in [0.3, 0.4) is 0 Å². The molecule has 2 aromatic heterocycles. The number of hydrogen-bond acceptors (Lipinski definition) is 2. The molecule has 0 aliphatic rings. The van der Waals surface area contributed by atoms with Crippen LogP contribution in [0.15, 0.2) is 23.6 Å². The van der Waals surface area contributed by atoms with Gasteiger partial charge < -0.3 is 0 Å². The van der Waals surface area contributed by atoms with E-state index in [1.54, 1.807) is 17.5 Å². The highest BCUT2D eigenvalue weighted by Crippen LogP contribution is 2.32. The lowest BCUT2D eigenvalue weighted by Gasteiger charge is -2.04. The van der Waals surface area contributed by atoms with Crippen LogP contribution in [0, 0.1) is 0 Å². The van der Waals surface area contributed by atoms with Gasteiger partial charge in [-0.15, -0.1) is 11.3 Å². The Morgan fingerprint density at radius 1 is 1.40 bits per heavy atom. The van der Waals surface area contributed by atoms with Crippen LogP contribution in [0.4, 0.5) is 13.2 Å². The molecule has 0 spiro atoms. The Labute approximate surface area is 88.0 Å². The zero-order valence-corrected chi connectivity index (χ0v) is 8.56. The second-order valence-corrected chi connectivity index (χ2v) is 3.96. The lowest BCUT2D eigenvalue weighted by atomic mass is 10.3. The number of thiophene rings is 1. The Balaban J connectivity index is 2.47. The van der Waals surface area contributed by atoms with E-state index in [1.165, 1.54) is 18.4 Å². The summed E-state index contributed by atoms with van der Waals surface area (Å²) in [5.74, 6) is 0. The van der Waals surface area contributed by atoms with E-state index in [4.69, 9.17) is 0 Å². The summed E-state index contributed by atoms with van der Waals surface area (Å²) >= 11 is 1.37. The first-order valence-electron chi connectivity index (χ1n) is 4.13. The third kappa shape index (κ3) is 1.90. The predicted octanol–water partition coefficient (Wildman–Crippen LogP) is 3.17. The van der Waals surface area contributed by atoms with Crippen LogP contribution < -0.4 is 0 Å². The molecule has 2 heterocycles. The van der Waals surface area contributed by atoms with E-state index < -0.39 is 11.9 Å². The third-order valence-electron chi connectivity index (χ3n) is 1.94.